The van der Waals surface area contributed by atoms with E-state index in [1.165, 1.54) is 12.8 Å². The summed E-state index contributed by atoms with van der Waals surface area (Å²) < 4.78 is 2.05. The normalized spacial score (nSPS) is 10.5. The van der Waals surface area contributed by atoms with Gasteiger partial charge in [-0.05, 0) is 50.9 Å². The first-order chi connectivity index (χ1) is 6.74. The minimum atomic E-state index is 0.827. The van der Waals surface area contributed by atoms with Crippen LogP contribution in [-0.4, -0.2) is 11.5 Å². The molecule has 0 aromatic carbocycles. The van der Waals surface area contributed by atoms with Crippen LogP contribution in [0.5, 0.6) is 0 Å². The van der Waals surface area contributed by atoms with E-state index in [2.05, 4.69) is 49.1 Å². The Morgan fingerprint density at radius 2 is 2.21 bits per heavy atom. The number of nitrogens with zero attached hydrogens (tertiary/aromatic N) is 1. The Hall–Kier alpha value is 0.0700. The van der Waals surface area contributed by atoms with Crippen molar-refractivity contribution >= 4 is 31.9 Å². The average molecular weight is 322 g/mol. The van der Waals surface area contributed by atoms with Gasteiger partial charge in [-0.15, -0.1) is 0 Å². The third-order valence-electron chi connectivity index (χ3n) is 1.88. The highest BCUT2D eigenvalue weighted by atomic mass is 79.9. The SMILES string of the molecule is CCCCNCc1ncc(Br)cc1Br. The second-order valence-corrected chi connectivity index (χ2v) is 4.88. The quantitative estimate of drug-likeness (QED) is 0.840. The molecule has 0 aliphatic heterocycles. The molecule has 4 heteroatoms. The van der Waals surface area contributed by atoms with Crippen LogP contribution < -0.4 is 5.32 Å². The van der Waals surface area contributed by atoms with Crippen LogP contribution in [-0.2, 0) is 6.54 Å². The Labute approximate surface area is 102 Å². The van der Waals surface area contributed by atoms with Crippen LogP contribution in [0.15, 0.2) is 21.2 Å². The van der Waals surface area contributed by atoms with Gasteiger partial charge >= 0.3 is 0 Å². The van der Waals surface area contributed by atoms with E-state index in [0.717, 1.165) is 27.7 Å². The van der Waals surface area contributed by atoms with Crippen LogP contribution in [0, 0.1) is 0 Å². The number of aromatic nitrogens is 1. The molecule has 1 heterocycles. The molecule has 0 aliphatic carbocycles. The van der Waals surface area contributed by atoms with E-state index in [9.17, 15) is 0 Å². The molecule has 0 aliphatic rings. The smallest absolute Gasteiger partial charge is 0.0684 e. The van der Waals surface area contributed by atoms with E-state index < -0.39 is 0 Å². The molecule has 1 aromatic heterocycles. The van der Waals surface area contributed by atoms with Crippen molar-refractivity contribution in [3.63, 3.8) is 0 Å². The zero-order valence-corrected chi connectivity index (χ0v) is 11.4. The van der Waals surface area contributed by atoms with Crippen LogP contribution >= 0.6 is 31.9 Å². The molecule has 2 nitrogen and oxygen atoms in total. The lowest BCUT2D eigenvalue weighted by atomic mass is 10.3. The Kier molecular flexibility index (Phi) is 5.67. The first-order valence-corrected chi connectivity index (χ1v) is 6.33. The van der Waals surface area contributed by atoms with Crippen LogP contribution in [0.1, 0.15) is 25.5 Å². The van der Waals surface area contributed by atoms with Gasteiger partial charge in [0.05, 0.1) is 5.69 Å². The van der Waals surface area contributed by atoms with Crippen molar-refractivity contribution in [1.82, 2.24) is 10.3 Å². The van der Waals surface area contributed by atoms with E-state index in [0.29, 0.717) is 0 Å². The Bertz CT molecular complexity index is 289. The number of pyridine rings is 1. The van der Waals surface area contributed by atoms with Crippen molar-refractivity contribution < 1.29 is 0 Å². The molecule has 0 unspecified atom stereocenters. The van der Waals surface area contributed by atoms with Gasteiger partial charge in [0.25, 0.3) is 0 Å². The molecule has 0 saturated carbocycles. The van der Waals surface area contributed by atoms with Crippen LogP contribution in [0.3, 0.4) is 0 Å². The molecule has 0 atom stereocenters. The summed E-state index contributed by atoms with van der Waals surface area (Å²) in [7, 11) is 0. The fourth-order valence-corrected chi connectivity index (χ4v) is 2.21. The highest BCUT2D eigenvalue weighted by molar-refractivity contribution is 9.11. The second-order valence-electron chi connectivity index (χ2n) is 3.11. The average Bonchev–Trinajstić information content (AvgIpc) is 2.15. The molecule has 1 N–H and O–H groups in total. The maximum Gasteiger partial charge on any atom is 0.0684 e. The summed E-state index contributed by atoms with van der Waals surface area (Å²) in [5.41, 5.74) is 1.06. The number of halogens is 2. The minimum Gasteiger partial charge on any atom is -0.311 e. The molecule has 1 rings (SSSR count). The summed E-state index contributed by atoms with van der Waals surface area (Å²) in [4.78, 5) is 4.32. The lowest BCUT2D eigenvalue weighted by Crippen LogP contribution is -2.15. The van der Waals surface area contributed by atoms with Gasteiger partial charge in [0, 0.05) is 21.7 Å². The van der Waals surface area contributed by atoms with Gasteiger partial charge in [0.1, 0.15) is 0 Å². The monoisotopic (exact) mass is 320 g/mol. The predicted molar refractivity (Wildman–Crippen MR) is 66.3 cm³/mol. The van der Waals surface area contributed by atoms with Crippen LogP contribution in [0.25, 0.3) is 0 Å². The van der Waals surface area contributed by atoms with Crippen molar-refractivity contribution in [3.05, 3.63) is 26.9 Å². The summed E-state index contributed by atoms with van der Waals surface area (Å²) in [6, 6.07) is 2.02. The van der Waals surface area contributed by atoms with Gasteiger partial charge in [-0.25, -0.2) is 0 Å². The molecule has 0 bridgehead atoms. The number of nitrogens with one attached hydrogen (secondary N) is 1. The standard InChI is InChI=1S/C10H14Br2N2/c1-2-3-4-13-7-10-9(12)5-8(11)6-14-10/h5-6,13H,2-4,7H2,1H3. The predicted octanol–water partition coefficient (Wildman–Crippen LogP) is 3.50. The molecule has 78 valence electrons. The van der Waals surface area contributed by atoms with Gasteiger partial charge in [-0.3, -0.25) is 4.98 Å². The molecule has 1 aromatic rings. The van der Waals surface area contributed by atoms with Gasteiger partial charge in [-0.1, -0.05) is 13.3 Å². The zero-order chi connectivity index (χ0) is 10.4. The molecule has 0 radical (unpaired) electrons. The number of hydrogen-bond donors (Lipinski definition) is 1. The summed E-state index contributed by atoms with van der Waals surface area (Å²) in [6.07, 6.45) is 4.26. The molecule has 14 heavy (non-hydrogen) atoms. The third kappa shape index (κ3) is 4.07. The first kappa shape index (κ1) is 12.1. The lowest BCUT2D eigenvalue weighted by Gasteiger charge is -2.05. The van der Waals surface area contributed by atoms with Crippen molar-refractivity contribution in [2.45, 2.75) is 26.3 Å². The Morgan fingerprint density at radius 1 is 1.43 bits per heavy atom. The van der Waals surface area contributed by atoms with Crippen molar-refractivity contribution in [2.75, 3.05) is 6.54 Å². The van der Waals surface area contributed by atoms with E-state index in [1.807, 2.05) is 12.3 Å². The highest BCUT2D eigenvalue weighted by Gasteiger charge is 2.00. The van der Waals surface area contributed by atoms with Crippen molar-refractivity contribution in [2.24, 2.45) is 0 Å². The van der Waals surface area contributed by atoms with Crippen LogP contribution in [0.2, 0.25) is 0 Å². The van der Waals surface area contributed by atoms with E-state index in [4.69, 9.17) is 0 Å². The topological polar surface area (TPSA) is 24.9 Å². The molecular weight excluding hydrogens is 308 g/mol. The number of rotatable bonds is 5. The fraction of sp³-hybridized carbons (Fsp3) is 0.500. The van der Waals surface area contributed by atoms with Crippen molar-refractivity contribution in [1.29, 1.82) is 0 Å². The van der Waals surface area contributed by atoms with Gasteiger partial charge in [0.15, 0.2) is 0 Å². The molecule has 0 saturated heterocycles. The summed E-state index contributed by atoms with van der Waals surface area (Å²) in [5.74, 6) is 0. The molecular formula is C10H14Br2N2. The fourth-order valence-electron chi connectivity index (χ4n) is 1.08. The maximum atomic E-state index is 4.32. The minimum absolute atomic E-state index is 0.827. The zero-order valence-electron chi connectivity index (χ0n) is 8.19. The summed E-state index contributed by atoms with van der Waals surface area (Å²) in [6.45, 7) is 4.07. The highest BCUT2D eigenvalue weighted by Crippen LogP contribution is 2.19. The maximum absolute atomic E-state index is 4.32. The molecule has 0 amide bonds. The summed E-state index contributed by atoms with van der Waals surface area (Å²) in [5, 5.41) is 3.36. The summed E-state index contributed by atoms with van der Waals surface area (Å²) >= 11 is 6.86. The molecule has 0 fully saturated rings. The van der Waals surface area contributed by atoms with E-state index >= 15 is 0 Å². The van der Waals surface area contributed by atoms with Crippen molar-refractivity contribution in [3.8, 4) is 0 Å². The number of hydrogen-bond acceptors (Lipinski definition) is 2. The Balaban J connectivity index is 2.42. The lowest BCUT2D eigenvalue weighted by molar-refractivity contribution is 0.632. The van der Waals surface area contributed by atoms with E-state index in [1.54, 1.807) is 0 Å². The first-order valence-electron chi connectivity index (χ1n) is 4.74. The Morgan fingerprint density at radius 3 is 2.86 bits per heavy atom. The largest absolute Gasteiger partial charge is 0.311 e. The van der Waals surface area contributed by atoms with E-state index in [-0.39, 0.29) is 0 Å². The second kappa shape index (κ2) is 6.53. The molecule has 0 spiro atoms. The van der Waals surface area contributed by atoms with Gasteiger partial charge in [-0.2, -0.15) is 0 Å². The van der Waals surface area contributed by atoms with Crippen LogP contribution in [0.4, 0.5) is 0 Å². The third-order valence-corrected chi connectivity index (χ3v) is 3.00. The number of unbranched alkanes of at least 4 members (excludes halogenated alkanes) is 1. The van der Waals surface area contributed by atoms with Gasteiger partial charge in [0.2, 0.25) is 0 Å². The van der Waals surface area contributed by atoms with Gasteiger partial charge < -0.3 is 5.32 Å².